The van der Waals surface area contributed by atoms with Crippen LogP contribution in [-0.4, -0.2) is 5.91 Å². The average Bonchev–Trinajstić information content (AvgIpc) is 3.20. The Bertz CT molecular complexity index is 996. The van der Waals surface area contributed by atoms with E-state index in [0.717, 1.165) is 12.0 Å². The Morgan fingerprint density at radius 1 is 1.03 bits per heavy atom. The first-order chi connectivity index (χ1) is 14.4. The second kappa shape index (κ2) is 10.1. The largest absolute Gasteiger partial charge is 0.484 e. The van der Waals surface area contributed by atoms with Gasteiger partial charge in [-0.1, -0.05) is 68.2 Å². The zero-order valence-electron chi connectivity index (χ0n) is 17.2. The molecule has 3 rings (SSSR count). The molecule has 0 spiro atoms. The molecular weight excluding hydrogens is 421 g/mol. The molecular formula is C24H25Cl2NO3. The average molecular weight is 446 g/mol. The van der Waals surface area contributed by atoms with Crippen LogP contribution in [-0.2, 0) is 6.61 Å². The third-order valence-corrected chi connectivity index (χ3v) is 5.40. The molecule has 0 radical (unpaired) electrons. The lowest BCUT2D eigenvalue weighted by Crippen LogP contribution is -2.27. The van der Waals surface area contributed by atoms with Crippen LogP contribution in [0.25, 0.3) is 0 Å². The van der Waals surface area contributed by atoms with Gasteiger partial charge in [0.1, 0.15) is 18.1 Å². The van der Waals surface area contributed by atoms with Gasteiger partial charge < -0.3 is 14.5 Å². The molecule has 30 heavy (non-hydrogen) atoms. The van der Waals surface area contributed by atoms with E-state index < -0.39 is 0 Å². The Morgan fingerprint density at radius 3 is 2.37 bits per heavy atom. The van der Waals surface area contributed by atoms with E-state index in [2.05, 4.69) is 43.4 Å². The van der Waals surface area contributed by atoms with Gasteiger partial charge in [-0.3, -0.25) is 4.79 Å². The SMILES string of the molecule is CC[C@@H](NC(=O)c1ccc(COc2ccc(Cl)cc2Cl)o1)c1ccc(C(C)C)cc1. The highest BCUT2D eigenvalue weighted by Gasteiger charge is 2.17. The highest BCUT2D eigenvalue weighted by Crippen LogP contribution is 2.28. The van der Waals surface area contributed by atoms with Gasteiger partial charge in [0.2, 0.25) is 0 Å². The highest BCUT2D eigenvalue weighted by molar-refractivity contribution is 6.35. The molecule has 6 heteroatoms. The monoisotopic (exact) mass is 445 g/mol. The van der Waals surface area contributed by atoms with Crippen molar-refractivity contribution in [2.75, 3.05) is 0 Å². The summed E-state index contributed by atoms with van der Waals surface area (Å²) in [5.41, 5.74) is 2.35. The Kier molecular flexibility index (Phi) is 7.46. The number of benzene rings is 2. The fourth-order valence-electron chi connectivity index (χ4n) is 3.08. The van der Waals surface area contributed by atoms with Crippen LogP contribution < -0.4 is 10.1 Å². The molecule has 0 bridgehead atoms. The first-order valence-electron chi connectivity index (χ1n) is 9.94. The van der Waals surface area contributed by atoms with E-state index in [0.29, 0.717) is 27.5 Å². The van der Waals surface area contributed by atoms with Gasteiger partial charge in [0.05, 0.1) is 11.1 Å². The molecule has 1 N–H and O–H groups in total. The van der Waals surface area contributed by atoms with Crippen LogP contribution in [0.4, 0.5) is 0 Å². The predicted octanol–water partition coefficient (Wildman–Crippen LogP) is 7.17. The molecule has 4 nitrogen and oxygen atoms in total. The van der Waals surface area contributed by atoms with Crippen LogP contribution in [0.1, 0.15) is 66.6 Å². The van der Waals surface area contributed by atoms with Crippen LogP contribution in [0, 0.1) is 0 Å². The number of ether oxygens (including phenoxy) is 1. The summed E-state index contributed by atoms with van der Waals surface area (Å²) in [5.74, 6) is 1.48. The maximum Gasteiger partial charge on any atom is 0.287 e. The second-order valence-electron chi connectivity index (χ2n) is 7.39. The summed E-state index contributed by atoms with van der Waals surface area (Å²) in [6, 6.07) is 16.6. The van der Waals surface area contributed by atoms with Gasteiger partial charge in [0.25, 0.3) is 5.91 Å². The van der Waals surface area contributed by atoms with Crippen molar-refractivity contribution in [3.63, 3.8) is 0 Å². The van der Waals surface area contributed by atoms with Crippen molar-refractivity contribution in [2.45, 2.75) is 45.8 Å². The Morgan fingerprint density at radius 2 is 1.73 bits per heavy atom. The minimum absolute atomic E-state index is 0.0867. The van der Waals surface area contributed by atoms with E-state index in [1.807, 2.05) is 6.92 Å². The number of carbonyl (C=O) groups is 1. The minimum Gasteiger partial charge on any atom is -0.484 e. The molecule has 0 aliphatic carbocycles. The predicted molar refractivity (Wildman–Crippen MR) is 121 cm³/mol. The van der Waals surface area contributed by atoms with E-state index in [4.69, 9.17) is 32.4 Å². The third kappa shape index (κ3) is 5.59. The topological polar surface area (TPSA) is 51.5 Å². The van der Waals surface area contributed by atoms with Crippen molar-refractivity contribution in [1.82, 2.24) is 5.32 Å². The lowest BCUT2D eigenvalue weighted by molar-refractivity contribution is 0.0903. The zero-order chi connectivity index (χ0) is 21.7. The number of rotatable bonds is 8. The molecule has 0 saturated carbocycles. The molecule has 1 amide bonds. The van der Waals surface area contributed by atoms with Gasteiger partial charge >= 0.3 is 0 Å². The molecule has 1 aromatic heterocycles. The van der Waals surface area contributed by atoms with Crippen molar-refractivity contribution in [2.24, 2.45) is 0 Å². The molecule has 158 valence electrons. The van der Waals surface area contributed by atoms with Gasteiger partial charge in [-0.15, -0.1) is 0 Å². The Hall–Kier alpha value is -2.43. The number of carbonyl (C=O) groups excluding carboxylic acids is 1. The summed E-state index contributed by atoms with van der Waals surface area (Å²) in [6.07, 6.45) is 0.776. The summed E-state index contributed by atoms with van der Waals surface area (Å²) in [6.45, 7) is 6.52. The molecule has 1 heterocycles. The lowest BCUT2D eigenvalue weighted by atomic mass is 9.98. The van der Waals surface area contributed by atoms with Crippen LogP contribution >= 0.6 is 23.2 Å². The Balaban J connectivity index is 1.61. The molecule has 0 saturated heterocycles. The van der Waals surface area contributed by atoms with Crippen LogP contribution in [0.3, 0.4) is 0 Å². The Labute approximate surface area is 187 Å². The number of furan rings is 1. The summed E-state index contributed by atoms with van der Waals surface area (Å²) in [5, 5.41) is 3.99. The van der Waals surface area contributed by atoms with E-state index >= 15 is 0 Å². The number of halogens is 2. The standard InChI is InChI=1S/C24H25Cl2NO3/c1-4-21(17-7-5-16(6-8-17)15(2)3)27-24(28)23-12-10-19(30-23)14-29-22-11-9-18(25)13-20(22)26/h5-13,15,21H,4,14H2,1-3H3,(H,27,28)/t21-/m1/s1. The molecule has 0 aliphatic heterocycles. The first-order valence-corrected chi connectivity index (χ1v) is 10.7. The van der Waals surface area contributed by atoms with Crippen molar-refractivity contribution >= 4 is 29.1 Å². The van der Waals surface area contributed by atoms with Crippen LogP contribution in [0.2, 0.25) is 10.0 Å². The molecule has 0 aliphatic rings. The van der Waals surface area contributed by atoms with E-state index in [1.54, 1.807) is 30.3 Å². The minimum atomic E-state index is -0.259. The van der Waals surface area contributed by atoms with E-state index in [9.17, 15) is 4.79 Å². The maximum absolute atomic E-state index is 12.7. The highest BCUT2D eigenvalue weighted by atomic mass is 35.5. The summed E-state index contributed by atoms with van der Waals surface area (Å²) < 4.78 is 11.3. The summed E-state index contributed by atoms with van der Waals surface area (Å²) in [4.78, 5) is 12.7. The summed E-state index contributed by atoms with van der Waals surface area (Å²) >= 11 is 12.0. The maximum atomic E-state index is 12.7. The lowest BCUT2D eigenvalue weighted by Gasteiger charge is -2.17. The van der Waals surface area contributed by atoms with Crippen LogP contribution in [0.15, 0.2) is 59.0 Å². The van der Waals surface area contributed by atoms with Gasteiger partial charge in [-0.05, 0) is 53.8 Å². The van der Waals surface area contributed by atoms with Crippen molar-refractivity contribution in [3.05, 3.63) is 87.3 Å². The molecule has 1 atom stereocenters. The normalized spacial score (nSPS) is 12.1. The fraction of sp³-hybridized carbons (Fsp3) is 0.292. The van der Waals surface area contributed by atoms with Crippen molar-refractivity contribution in [3.8, 4) is 5.75 Å². The molecule has 0 fully saturated rings. The number of hydrogen-bond acceptors (Lipinski definition) is 3. The number of hydrogen-bond donors (Lipinski definition) is 1. The smallest absolute Gasteiger partial charge is 0.287 e. The quantitative estimate of drug-likeness (QED) is 0.399. The fourth-order valence-corrected chi connectivity index (χ4v) is 3.55. The van der Waals surface area contributed by atoms with E-state index in [-0.39, 0.29) is 24.3 Å². The van der Waals surface area contributed by atoms with Crippen molar-refractivity contribution in [1.29, 1.82) is 0 Å². The first kappa shape index (κ1) is 22.3. The number of nitrogens with one attached hydrogen (secondary N) is 1. The summed E-state index contributed by atoms with van der Waals surface area (Å²) in [7, 11) is 0. The van der Waals surface area contributed by atoms with E-state index in [1.165, 1.54) is 5.56 Å². The van der Waals surface area contributed by atoms with Gasteiger partial charge in [0.15, 0.2) is 5.76 Å². The zero-order valence-corrected chi connectivity index (χ0v) is 18.8. The second-order valence-corrected chi connectivity index (χ2v) is 8.23. The van der Waals surface area contributed by atoms with Gasteiger partial charge in [-0.2, -0.15) is 0 Å². The van der Waals surface area contributed by atoms with Gasteiger partial charge in [-0.25, -0.2) is 0 Å². The van der Waals surface area contributed by atoms with Crippen molar-refractivity contribution < 1.29 is 13.9 Å². The van der Waals surface area contributed by atoms with Gasteiger partial charge in [0, 0.05) is 5.02 Å². The molecule has 2 aromatic carbocycles. The third-order valence-electron chi connectivity index (χ3n) is 4.87. The van der Waals surface area contributed by atoms with Crippen LogP contribution in [0.5, 0.6) is 5.75 Å². The molecule has 3 aromatic rings. The number of amides is 1. The molecule has 0 unspecified atom stereocenters.